The van der Waals surface area contributed by atoms with Gasteiger partial charge in [-0.15, -0.1) is 0 Å². The van der Waals surface area contributed by atoms with Gasteiger partial charge < -0.3 is 9.31 Å². The summed E-state index contributed by atoms with van der Waals surface area (Å²) in [6.07, 6.45) is 0. The molecule has 0 radical (unpaired) electrons. The average Bonchev–Trinajstić information content (AvgIpc) is 2.77. The Morgan fingerprint density at radius 2 is 1.63 bits per heavy atom. The molecular formula is C19H23BFNO4S. The summed E-state index contributed by atoms with van der Waals surface area (Å²) in [5.41, 5.74) is 0.0787. The lowest BCUT2D eigenvalue weighted by Gasteiger charge is -2.32. The lowest BCUT2D eigenvalue weighted by Crippen LogP contribution is -2.41. The van der Waals surface area contributed by atoms with Crippen molar-refractivity contribution in [1.29, 1.82) is 0 Å². The van der Waals surface area contributed by atoms with Gasteiger partial charge in [-0.25, -0.2) is 12.8 Å². The summed E-state index contributed by atoms with van der Waals surface area (Å²) in [4.78, 5) is 0.0805. The third-order valence-corrected chi connectivity index (χ3v) is 6.43. The van der Waals surface area contributed by atoms with E-state index in [0.717, 1.165) is 5.56 Å². The van der Waals surface area contributed by atoms with Crippen molar-refractivity contribution in [2.45, 2.75) is 50.7 Å². The first-order valence-electron chi connectivity index (χ1n) is 8.66. The third kappa shape index (κ3) is 3.88. The molecule has 1 heterocycles. The first kappa shape index (κ1) is 19.9. The Morgan fingerprint density at radius 1 is 1.00 bits per heavy atom. The minimum absolute atomic E-state index is 0.0805. The van der Waals surface area contributed by atoms with Crippen molar-refractivity contribution < 1.29 is 22.1 Å². The summed E-state index contributed by atoms with van der Waals surface area (Å²) in [5.74, 6) is -0.696. The SMILES string of the molecule is Cc1cccc(S(=O)(=O)Nc2ccc(B3OC(C)(C)C(C)(C)O3)cc2F)c1. The lowest BCUT2D eigenvalue weighted by atomic mass is 9.79. The molecule has 5 nitrogen and oxygen atoms in total. The van der Waals surface area contributed by atoms with Crippen LogP contribution in [0.3, 0.4) is 0 Å². The van der Waals surface area contributed by atoms with E-state index in [1.54, 1.807) is 25.1 Å². The number of anilines is 1. The normalized spacial score (nSPS) is 18.5. The molecular weight excluding hydrogens is 368 g/mol. The molecule has 1 fully saturated rings. The van der Waals surface area contributed by atoms with Gasteiger partial charge in [-0.2, -0.15) is 0 Å². The minimum Gasteiger partial charge on any atom is -0.399 e. The molecule has 8 heteroatoms. The van der Waals surface area contributed by atoms with Crippen molar-refractivity contribution in [2.24, 2.45) is 0 Å². The van der Waals surface area contributed by atoms with E-state index < -0.39 is 34.2 Å². The van der Waals surface area contributed by atoms with E-state index in [2.05, 4.69) is 4.72 Å². The van der Waals surface area contributed by atoms with Gasteiger partial charge in [-0.05, 0) is 69.9 Å². The fourth-order valence-corrected chi connectivity index (χ4v) is 3.90. The minimum atomic E-state index is -3.88. The number of hydrogen-bond acceptors (Lipinski definition) is 4. The van der Waals surface area contributed by atoms with Crippen molar-refractivity contribution in [3.63, 3.8) is 0 Å². The molecule has 0 saturated carbocycles. The van der Waals surface area contributed by atoms with E-state index in [1.165, 1.54) is 24.3 Å². The van der Waals surface area contributed by atoms with Crippen molar-refractivity contribution in [2.75, 3.05) is 4.72 Å². The zero-order valence-electron chi connectivity index (χ0n) is 16.0. The van der Waals surface area contributed by atoms with Gasteiger partial charge in [0, 0.05) is 0 Å². The van der Waals surface area contributed by atoms with E-state index in [4.69, 9.17) is 9.31 Å². The second-order valence-corrected chi connectivity index (χ2v) is 9.43. The van der Waals surface area contributed by atoms with E-state index in [-0.39, 0.29) is 10.6 Å². The molecule has 2 aromatic rings. The van der Waals surface area contributed by atoms with Crippen LogP contribution in [0.1, 0.15) is 33.3 Å². The molecule has 0 spiro atoms. The van der Waals surface area contributed by atoms with Crippen molar-refractivity contribution in [3.8, 4) is 0 Å². The first-order valence-corrected chi connectivity index (χ1v) is 10.1. The number of nitrogens with one attached hydrogen (secondary N) is 1. The van der Waals surface area contributed by atoms with Crippen LogP contribution in [-0.2, 0) is 19.3 Å². The van der Waals surface area contributed by atoms with Crippen LogP contribution >= 0.6 is 0 Å². The number of benzene rings is 2. The molecule has 144 valence electrons. The number of rotatable bonds is 4. The molecule has 0 unspecified atom stereocenters. The third-order valence-electron chi connectivity index (χ3n) is 5.06. The lowest BCUT2D eigenvalue weighted by molar-refractivity contribution is 0.00578. The quantitative estimate of drug-likeness (QED) is 0.813. The van der Waals surface area contributed by atoms with Crippen molar-refractivity contribution in [1.82, 2.24) is 0 Å². The summed E-state index contributed by atoms with van der Waals surface area (Å²) in [6.45, 7) is 9.43. The Morgan fingerprint density at radius 3 is 2.19 bits per heavy atom. The molecule has 1 aliphatic rings. The van der Waals surface area contributed by atoms with E-state index in [0.29, 0.717) is 5.46 Å². The zero-order chi connectivity index (χ0) is 20.0. The number of hydrogen-bond donors (Lipinski definition) is 1. The summed E-state index contributed by atoms with van der Waals surface area (Å²) in [6, 6.07) is 10.6. The highest BCUT2D eigenvalue weighted by Gasteiger charge is 2.51. The Hall–Kier alpha value is -1.90. The van der Waals surface area contributed by atoms with Gasteiger partial charge in [0.15, 0.2) is 0 Å². The van der Waals surface area contributed by atoms with Gasteiger partial charge in [0.2, 0.25) is 0 Å². The van der Waals surface area contributed by atoms with Crippen molar-refractivity contribution in [3.05, 3.63) is 53.8 Å². The molecule has 2 aromatic carbocycles. The van der Waals surface area contributed by atoms with Crippen LogP contribution in [-0.4, -0.2) is 26.7 Å². The van der Waals surface area contributed by atoms with Gasteiger partial charge in [-0.1, -0.05) is 18.2 Å². The van der Waals surface area contributed by atoms with Gasteiger partial charge in [0.05, 0.1) is 21.8 Å². The van der Waals surface area contributed by atoms with Crippen LogP contribution in [0.5, 0.6) is 0 Å². The maximum absolute atomic E-state index is 14.6. The van der Waals surface area contributed by atoms with Gasteiger partial charge >= 0.3 is 7.12 Å². The van der Waals surface area contributed by atoms with Crippen LogP contribution in [0.25, 0.3) is 0 Å². The van der Waals surface area contributed by atoms with Gasteiger partial charge in [0.1, 0.15) is 5.82 Å². The maximum atomic E-state index is 14.6. The Labute approximate surface area is 160 Å². The summed E-state index contributed by atoms with van der Waals surface area (Å²) < 4.78 is 53.7. The van der Waals surface area contributed by atoms with Crippen LogP contribution in [0.2, 0.25) is 0 Å². The number of sulfonamides is 1. The van der Waals surface area contributed by atoms with Crippen LogP contribution in [0.15, 0.2) is 47.4 Å². The highest BCUT2D eigenvalue weighted by Crippen LogP contribution is 2.36. The monoisotopic (exact) mass is 391 g/mol. The highest BCUT2D eigenvalue weighted by atomic mass is 32.2. The molecule has 0 aliphatic carbocycles. The first-order chi connectivity index (χ1) is 12.4. The van der Waals surface area contributed by atoms with Gasteiger partial charge in [0.25, 0.3) is 10.0 Å². The predicted molar refractivity (Wildman–Crippen MR) is 104 cm³/mol. The standard InChI is InChI=1S/C19H23BFNO4S/c1-13-7-6-8-15(11-13)27(23,24)22-17-10-9-14(12-16(17)21)20-25-18(2,3)19(4,5)26-20/h6-12,22H,1-5H3. The van der Waals surface area contributed by atoms with Crippen molar-refractivity contribution >= 4 is 28.3 Å². The molecule has 27 heavy (non-hydrogen) atoms. The largest absolute Gasteiger partial charge is 0.494 e. The predicted octanol–water partition coefficient (Wildman–Crippen LogP) is 3.23. The van der Waals surface area contributed by atoms with Crippen LogP contribution in [0.4, 0.5) is 10.1 Å². The second-order valence-electron chi connectivity index (χ2n) is 7.75. The fourth-order valence-electron chi connectivity index (χ4n) is 2.73. The Bertz CT molecular complexity index is 959. The molecule has 0 amide bonds. The zero-order valence-corrected chi connectivity index (χ0v) is 16.9. The smallest absolute Gasteiger partial charge is 0.399 e. The van der Waals surface area contributed by atoms with Gasteiger partial charge in [-0.3, -0.25) is 4.72 Å². The van der Waals surface area contributed by atoms with E-state index >= 15 is 0 Å². The number of halogens is 1. The maximum Gasteiger partial charge on any atom is 0.494 e. The Kier molecular flexibility index (Phi) is 4.86. The highest BCUT2D eigenvalue weighted by molar-refractivity contribution is 7.92. The summed E-state index contributed by atoms with van der Waals surface area (Å²) in [7, 11) is -4.60. The molecule has 1 saturated heterocycles. The molecule has 1 aliphatic heterocycles. The second kappa shape index (κ2) is 6.62. The molecule has 0 aromatic heterocycles. The molecule has 3 rings (SSSR count). The summed E-state index contributed by atoms with van der Waals surface area (Å²) >= 11 is 0. The number of aryl methyl sites for hydroxylation is 1. The average molecular weight is 391 g/mol. The molecule has 0 bridgehead atoms. The molecule has 0 atom stereocenters. The topological polar surface area (TPSA) is 64.6 Å². The molecule has 1 N–H and O–H groups in total. The Balaban J connectivity index is 1.84. The summed E-state index contributed by atoms with van der Waals surface area (Å²) in [5, 5.41) is 0. The van der Waals surface area contributed by atoms with Crippen LogP contribution < -0.4 is 10.2 Å². The fraction of sp³-hybridized carbons (Fsp3) is 0.368. The van der Waals surface area contributed by atoms with E-state index in [1.807, 2.05) is 27.7 Å². The van der Waals surface area contributed by atoms with Crippen LogP contribution in [0, 0.1) is 12.7 Å². The van der Waals surface area contributed by atoms with E-state index in [9.17, 15) is 12.8 Å².